The molecule has 0 saturated carbocycles. The Kier molecular flexibility index (Phi) is 7.40. The number of nitrogens with one attached hydrogen (secondary N) is 1. The number of ether oxygens (including phenoxy) is 3. The number of amides is 1. The Morgan fingerprint density at radius 3 is 2.21 bits per heavy atom. The molecule has 148 valence electrons. The van der Waals surface area contributed by atoms with Gasteiger partial charge in [-0.05, 0) is 48.9 Å². The smallest absolute Gasteiger partial charge is 0.339 e. The molecule has 0 aliphatic carbocycles. The van der Waals surface area contributed by atoms with Crippen molar-refractivity contribution in [2.24, 2.45) is 0 Å². The van der Waals surface area contributed by atoms with Crippen molar-refractivity contribution in [1.29, 1.82) is 0 Å². The molecule has 0 aliphatic rings. The number of carbonyl (C=O) groups is 3. The maximum atomic E-state index is 12.7. The van der Waals surface area contributed by atoms with Crippen molar-refractivity contribution in [2.75, 3.05) is 19.5 Å². The highest BCUT2D eigenvalue weighted by Gasteiger charge is 2.22. The predicted octanol–water partition coefficient (Wildman–Crippen LogP) is 3.71. The molecule has 0 unspecified atom stereocenters. The first-order chi connectivity index (χ1) is 13.4. The number of methoxy groups -OCH3 is 2. The van der Waals surface area contributed by atoms with Gasteiger partial charge in [0, 0.05) is 5.02 Å². The Morgan fingerprint density at radius 2 is 1.64 bits per heavy atom. The fraction of sp³-hybridized carbons (Fsp3) is 0.250. The van der Waals surface area contributed by atoms with Crippen LogP contribution in [0.5, 0.6) is 5.75 Å². The zero-order valence-electron chi connectivity index (χ0n) is 15.7. The Morgan fingerprint density at radius 1 is 1.00 bits per heavy atom. The van der Waals surface area contributed by atoms with Gasteiger partial charge < -0.3 is 19.5 Å². The van der Waals surface area contributed by atoms with Crippen LogP contribution < -0.4 is 10.1 Å². The van der Waals surface area contributed by atoms with Crippen LogP contribution >= 0.6 is 11.6 Å². The van der Waals surface area contributed by atoms with E-state index in [9.17, 15) is 14.4 Å². The molecule has 8 heteroatoms. The minimum Gasteiger partial charge on any atom is -0.481 e. The van der Waals surface area contributed by atoms with Crippen LogP contribution in [0.4, 0.5) is 5.69 Å². The normalized spacial score (nSPS) is 11.3. The van der Waals surface area contributed by atoms with Crippen molar-refractivity contribution in [3.8, 4) is 5.75 Å². The third-order valence-corrected chi connectivity index (χ3v) is 4.11. The summed E-state index contributed by atoms with van der Waals surface area (Å²) in [6, 6.07) is 10.7. The minimum absolute atomic E-state index is 0.102. The van der Waals surface area contributed by atoms with E-state index in [1.54, 1.807) is 31.2 Å². The predicted molar refractivity (Wildman–Crippen MR) is 104 cm³/mol. The van der Waals surface area contributed by atoms with E-state index in [0.717, 1.165) is 0 Å². The fourth-order valence-corrected chi connectivity index (χ4v) is 2.52. The van der Waals surface area contributed by atoms with Crippen LogP contribution in [0, 0.1) is 0 Å². The summed E-state index contributed by atoms with van der Waals surface area (Å²) in [5.41, 5.74) is 0.403. The standard InChI is InChI=1S/C20H20ClNO6/c1-4-17(28-14-8-6-13(21)7-9-14)18(23)22-16-11-12(19(24)26-2)5-10-15(16)20(25)27-3/h5-11,17H,4H2,1-3H3,(H,22,23)/t17-/m0/s1. The summed E-state index contributed by atoms with van der Waals surface area (Å²) in [4.78, 5) is 36.5. The van der Waals surface area contributed by atoms with Crippen molar-refractivity contribution < 1.29 is 28.6 Å². The van der Waals surface area contributed by atoms with Gasteiger partial charge in [0.1, 0.15) is 5.75 Å². The van der Waals surface area contributed by atoms with Gasteiger partial charge in [-0.2, -0.15) is 0 Å². The van der Waals surface area contributed by atoms with Gasteiger partial charge in [-0.25, -0.2) is 9.59 Å². The van der Waals surface area contributed by atoms with Gasteiger partial charge in [0.15, 0.2) is 6.10 Å². The second-order valence-corrected chi connectivity index (χ2v) is 6.14. The first kappa shape index (κ1) is 21.2. The van der Waals surface area contributed by atoms with Crippen molar-refractivity contribution >= 4 is 35.1 Å². The van der Waals surface area contributed by atoms with Gasteiger partial charge in [0.05, 0.1) is 31.0 Å². The summed E-state index contributed by atoms with van der Waals surface area (Å²) in [6.07, 6.45) is -0.452. The molecule has 2 aromatic carbocycles. The van der Waals surface area contributed by atoms with E-state index in [0.29, 0.717) is 17.2 Å². The van der Waals surface area contributed by atoms with Gasteiger partial charge >= 0.3 is 11.9 Å². The fourth-order valence-electron chi connectivity index (χ4n) is 2.39. The molecule has 0 aromatic heterocycles. The van der Waals surface area contributed by atoms with Crippen LogP contribution in [0.25, 0.3) is 0 Å². The van der Waals surface area contributed by atoms with E-state index in [2.05, 4.69) is 10.1 Å². The lowest BCUT2D eigenvalue weighted by atomic mass is 10.1. The molecule has 0 aliphatic heterocycles. The molecule has 7 nitrogen and oxygen atoms in total. The van der Waals surface area contributed by atoms with Crippen LogP contribution in [0.3, 0.4) is 0 Å². The average Bonchev–Trinajstić information content (AvgIpc) is 2.71. The zero-order chi connectivity index (χ0) is 20.7. The number of halogens is 1. The molecule has 2 aromatic rings. The summed E-state index contributed by atoms with van der Waals surface area (Å²) in [7, 11) is 2.46. The summed E-state index contributed by atoms with van der Waals surface area (Å²) in [5.74, 6) is -1.26. The molecule has 0 radical (unpaired) electrons. The average molecular weight is 406 g/mol. The van der Waals surface area contributed by atoms with Gasteiger partial charge in [-0.3, -0.25) is 4.79 Å². The minimum atomic E-state index is -0.826. The summed E-state index contributed by atoms with van der Waals surface area (Å²) >= 11 is 5.85. The second-order valence-electron chi connectivity index (χ2n) is 5.70. The van der Waals surface area contributed by atoms with E-state index in [-0.39, 0.29) is 16.8 Å². The van der Waals surface area contributed by atoms with E-state index >= 15 is 0 Å². The van der Waals surface area contributed by atoms with E-state index in [1.165, 1.54) is 32.4 Å². The largest absolute Gasteiger partial charge is 0.481 e. The maximum absolute atomic E-state index is 12.7. The molecular formula is C20H20ClNO6. The zero-order valence-corrected chi connectivity index (χ0v) is 16.4. The van der Waals surface area contributed by atoms with Crippen molar-refractivity contribution in [2.45, 2.75) is 19.4 Å². The molecule has 0 bridgehead atoms. The van der Waals surface area contributed by atoms with Crippen LogP contribution in [-0.2, 0) is 14.3 Å². The third kappa shape index (κ3) is 5.23. The number of hydrogen-bond acceptors (Lipinski definition) is 6. The highest BCUT2D eigenvalue weighted by Crippen LogP contribution is 2.22. The molecular weight excluding hydrogens is 386 g/mol. The molecule has 0 fully saturated rings. The summed E-state index contributed by atoms with van der Waals surface area (Å²) in [6.45, 7) is 1.78. The lowest BCUT2D eigenvalue weighted by molar-refractivity contribution is -0.122. The molecule has 28 heavy (non-hydrogen) atoms. The Balaban J connectivity index is 2.27. The van der Waals surface area contributed by atoms with Gasteiger partial charge in [-0.1, -0.05) is 18.5 Å². The number of esters is 2. The highest BCUT2D eigenvalue weighted by molar-refractivity contribution is 6.30. The molecule has 0 heterocycles. The second kappa shape index (κ2) is 9.75. The van der Waals surface area contributed by atoms with Gasteiger partial charge in [0.25, 0.3) is 5.91 Å². The third-order valence-electron chi connectivity index (χ3n) is 3.86. The van der Waals surface area contributed by atoms with Crippen LogP contribution in [-0.4, -0.2) is 38.2 Å². The van der Waals surface area contributed by atoms with Crippen LogP contribution in [0.1, 0.15) is 34.1 Å². The van der Waals surface area contributed by atoms with Crippen LogP contribution in [0.15, 0.2) is 42.5 Å². The molecule has 1 amide bonds. The number of anilines is 1. The number of carbonyl (C=O) groups excluding carboxylic acids is 3. The van der Waals surface area contributed by atoms with Crippen molar-refractivity contribution in [1.82, 2.24) is 0 Å². The number of benzene rings is 2. The molecule has 0 saturated heterocycles. The Hall–Kier alpha value is -3.06. The Labute approximate surface area is 167 Å². The van der Waals surface area contributed by atoms with Crippen LogP contribution in [0.2, 0.25) is 5.02 Å². The van der Waals surface area contributed by atoms with Gasteiger partial charge in [-0.15, -0.1) is 0 Å². The molecule has 2 rings (SSSR count). The van der Waals surface area contributed by atoms with E-state index < -0.39 is 23.9 Å². The van der Waals surface area contributed by atoms with Gasteiger partial charge in [0.2, 0.25) is 0 Å². The quantitative estimate of drug-likeness (QED) is 0.706. The summed E-state index contributed by atoms with van der Waals surface area (Å²) < 4.78 is 15.1. The van der Waals surface area contributed by atoms with Crippen molar-refractivity contribution in [3.05, 3.63) is 58.6 Å². The molecule has 1 atom stereocenters. The first-order valence-electron chi connectivity index (χ1n) is 8.43. The maximum Gasteiger partial charge on any atom is 0.339 e. The monoisotopic (exact) mass is 405 g/mol. The Bertz CT molecular complexity index is 865. The SMILES string of the molecule is CC[C@H](Oc1ccc(Cl)cc1)C(=O)Nc1cc(C(=O)OC)ccc1C(=O)OC. The molecule has 1 N–H and O–H groups in total. The lowest BCUT2D eigenvalue weighted by Gasteiger charge is -2.18. The number of rotatable bonds is 7. The number of hydrogen-bond donors (Lipinski definition) is 1. The first-order valence-corrected chi connectivity index (χ1v) is 8.81. The van der Waals surface area contributed by atoms with E-state index in [4.69, 9.17) is 21.1 Å². The highest BCUT2D eigenvalue weighted by atomic mass is 35.5. The topological polar surface area (TPSA) is 90.9 Å². The molecule has 0 spiro atoms. The van der Waals surface area contributed by atoms with Crippen molar-refractivity contribution in [3.63, 3.8) is 0 Å². The van der Waals surface area contributed by atoms with E-state index in [1.807, 2.05) is 0 Å². The lowest BCUT2D eigenvalue weighted by Crippen LogP contribution is -2.33. The summed E-state index contributed by atoms with van der Waals surface area (Å²) in [5, 5.41) is 3.18.